The lowest BCUT2D eigenvalue weighted by Gasteiger charge is -2.30. The van der Waals surface area contributed by atoms with E-state index in [2.05, 4.69) is 158 Å². The number of benzene rings is 6. The quantitative estimate of drug-likeness (QED) is 0.185. The molecule has 252 valence electrons. The van der Waals surface area contributed by atoms with Gasteiger partial charge in [0.1, 0.15) is 11.2 Å². The fourth-order valence-corrected chi connectivity index (χ4v) is 8.99. The molecule has 6 aromatic carbocycles. The summed E-state index contributed by atoms with van der Waals surface area (Å²) < 4.78 is 6.27. The van der Waals surface area contributed by atoms with Crippen LogP contribution in [0.1, 0.15) is 37.0 Å². The number of allylic oxidation sites excluding steroid dienone is 2. The number of nitrogens with zero attached hydrogens (tertiary/aromatic N) is 3. The molecule has 2 aliphatic carbocycles. The van der Waals surface area contributed by atoms with Crippen molar-refractivity contribution in [3.05, 3.63) is 174 Å². The van der Waals surface area contributed by atoms with Gasteiger partial charge >= 0.3 is 0 Å². The maximum absolute atomic E-state index is 6.27. The van der Waals surface area contributed by atoms with Crippen LogP contribution in [0.4, 0.5) is 11.4 Å². The van der Waals surface area contributed by atoms with Crippen LogP contribution < -0.4 is 4.90 Å². The second kappa shape index (κ2) is 11.2. The van der Waals surface area contributed by atoms with Crippen molar-refractivity contribution in [1.82, 2.24) is 9.97 Å². The highest BCUT2D eigenvalue weighted by Gasteiger charge is 2.43. The zero-order valence-corrected chi connectivity index (χ0v) is 29.5. The first-order valence-electron chi connectivity index (χ1n) is 18.4. The zero-order chi connectivity index (χ0) is 35.3. The van der Waals surface area contributed by atoms with Crippen LogP contribution in [-0.4, -0.2) is 16.0 Å². The molecule has 0 amide bonds. The Morgan fingerprint density at radius 2 is 1.36 bits per heavy atom. The minimum absolute atomic E-state index is 0.0648. The summed E-state index contributed by atoms with van der Waals surface area (Å²) in [5.74, 6) is 0.692. The molecule has 3 aliphatic rings. The molecule has 1 unspecified atom stereocenters. The molecular weight excluding hydrogens is 647 g/mol. The Kier molecular flexibility index (Phi) is 6.39. The molecule has 3 heterocycles. The van der Waals surface area contributed by atoms with Gasteiger partial charge in [-0.1, -0.05) is 123 Å². The molecule has 4 nitrogen and oxygen atoms in total. The summed E-state index contributed by atoms with van der Waals surface area (Å²) in [7, 11) is 0. The molecule has 0 saturated heterocycles. The lowest BCUT2D eigenvalue weighted by molar-refractivity contribution is 0.660. The average Bonchev–Trinajstić information content (AvgIpc) is 3.83. The second-order valence-electron chi connectivity index (χ2n) is 14.9. The molecule has 8 aromatic rings. The summed E-state index contributed by atoms with van der Waals surface area (Å²) in [6, 6.07) is 49.8. The smallest absolute Gasteiger partial charge is 0.160 e. The van der Waals surface area contributed by atoms with Crippen LogP contribution >= 0.6 is 0 Å². The van der Waals surface area contributed by atoms with Crippen LogP contribution in [0.5, 0.6) is 0 Å². The van der Waals surface area contributed by atoms with Crippen LogP contribution in [0.25, 0.3) is 72.5 Å². The summed E-state index contributed by atoms with van der Waals surface area (Å²) >= 11 is 0. The third-order valence-electron chi connectivity index (χ3n) is 11.6. The molecule has 1 aliphatic heterocycles. The van der Waals surface area contributed by atoms with E-state index in [0.717, 1.165) is 56.4 Å². The van der Waals surface area contributed by atoms with E-state index in [1.54, 1.807) is 0 Å². The Balaban J connectivity index is 1.04. The first-order chi connectivity index (χ1) is 26.0. The number of furan rings is 1. The maximum Gasteiger partial charge on any atom is 0.160 e. The molecule has 53 heavy (non-hydrogen) atoms. The van der Waals surface area contributed by atoms with Gasteiger partial charge in [-0.05, 0) is 77.2 Å². The van der Waals surface area contributed by atoms with Crippen LogP contribution in [0.15, 0.2) is 162 Å². The molecule has 4 heteroatoms. The molecule has 0 fully saturated rings. The predicted molar refractivity (Wildman–Crippen MR) is 217 cm³/mol. The number of para-hydroxylation sites is 1. The van der Waals surface area contributed by atoms with Crippen molar-refractivity contribution in [3.63, 3.8) is 0 Å². The van der Waals surface area contributed by atoms with E-state index >= 15 is 0 Å². The Morgan fingerprint density at radius 3 is 2.23 bits per heavy atom. The Morgan fingerprint density at radius 1 is 0.623 bits per heavy atom. The first kappa shape index (κ1) is 30.1. The van der Waals surface area contributed by atoms with Gasteiger partial charge in [-0.2, -0.15) is 0 Å². The van der Waals surface area contributed by atoms with Crippen molar-refractivity contribution in [1.29, 1.82) is 0 Å². The van der Waals surface area contributed by atoms with E-state index in [1.165, 1.54) is 44.8 Å². The number of rotatable bonds is 4. The van der Waals surface area contributed by atoms with E-state index in [4.69, 9.17) is 14.4 Å². The highest BCUT2D eigenvalue weighted by Crippen LogP contribution is 2.59. The SMILES string of the molecule is CC1(C)c2ccccc2-c2c1ccc1c2N(c2ccc(-c3nc(-c4ccccc4)cc(-c4ccc5c(c4)oc4ccccc45)n3)cc2)C2CC=CC=C12. The van der Waals surface area contributed by atoms with Gasteiger partial charge in [0.15, 0.2) is 5.82 Å². The van der Waals surface area contributed by atoms with Crippen LogP contribution in [0, 0.1) is 0 Å². The van der Waals surface area contributed by atoms with Crippen LogP contribution in [0.2, 0.25) is 0 Å². The zero-order valence-electron chi connectivity index (χ0n) is 29.5. The van der Waals surface area contributed by atoms with Gasteiger partial charge < -0.3 is 9.32 Å². The second-order valence-corrected chi connectivity index (χ2v) is 14.9. The van der Waals surface area contributed by atoms with E-state index in [1.807, 2.05) is 18.2 Å². The van der Waals surface area contributed by atoms with E-state index in [-0.39, 0.29) is 11.5 Å². The topological polar surface area (TPSA) is 42.2 Å². The molecule has 0 N–H and O–H groups in total. The highest BCUT2D eigenvalue weighted by atomic mass is 16.3. The van der Waals surface area contributed by atoms with Crippen molar-refractivity contribution in [3.8, 4) is 45.0 Å². The Bertz CT molecular complexity index is 2840. The van der Waals surface area contributed by atoms with E-state index < -0.39 is 0 Å². The molecule has 1 atom stereocenters. The average molecular weight is 682 g/mol. The number of hydrogen-bond acceptors (Lipinski definition) is 4. The van der Waals surface area contributed by atoms with Crippen molar-refractivity contribution >= 4 is 38.9 Å². The fraction of sp³-hybridized carbons (Fsp3) is 0.102. The molecule has 11 rings (SSSR count). The van der Waals surface area contributed by atoms with Gasteiger partial charge in [-0.15, -0.1) is 0 Å². The van der Waals surface area contributed by atoms with Crippen molar-refractivity contribution in [2.24, 2.45) is 0 Å². The molecule has 0 radical (unpaired) electrons. The fourth-order valence-electron chi connectivity index (χ4n) is 8.99. The van der Waals surface area contributed by atoms with Crippen molar-refractivity contribution < 1.29 is 4.42 Å². The summed E-state index contributed by atoms with van der Waals surface area (Å²) in [6.07, 6.45) is 7.79. The van der Waals surface area contributed by atoms with Crippen molar-refractivity contribution in [2.75, 3.05) is 4.90 Å². The number of anilines is 2. The normalized spacial score (nSPS) is 16.4. The molecule has 0 spiro atoms. The van der Waals surface area contributed by atoms with Gasteiger partial charge in [0.05, 0.1) is 23.1 Å². The summed E-state index contributed by atoms with van der Waals surface area (Å²) in [6.45, 7) is 4.72. The lowest BCUT2D eigenvalue weighted by atomic mass is 9.82. The van der Waals surface area contributed by atoms with Gasteiger partial charge in [0.25, 0.3) is 0 Å². The molecular formula is C49H35N3O. The van der Waals surface area contributed by atoms with Crippen LogP contribution in [0.3, 0.4) is 0 Å². The Hall–Kier alpha value is -6.52. The van der Waals surface area contributed by atoms with Gasteiger partial charge in [0.2, 0.25) is 0 Å². The van der Waals surface area contributed by atoms with Crippen LogP contribution in [-0.2, 0) is 5.41 Å². The Labute approximate surface area is 308 Å². The largest absolute Gasteiger partial charge is 0.456 e. The number of fused-ring (bicyclic) bond motifs is 10. The minimum Gasteiger partial charge on any atom is -0.456 e. The monoisotopic (exact) mass is 681 g/mol. The van der Waals surface area contributed by atoms with Crippen molar-refractivity contribution in [2.45, 2.75) is 31.7 Å². The maximum atomic E-state index is 6.27. The summed E-state index contributed by atoms with van der Waals surface area (Å²) in [4.78, 5) is 12.9. The third-order valence-corrected chi connectivity index (χ3v) is 11.6. The third kappa shape index (κ3) is 4.48. The van der Waals surface area contributed by atoms with Gasteiger partial charge in [-0.3, -0.25) is 0 Å². The van der Waals surface area contributed by atoms with Gasteiger partial charge in [-0.25, -0.2) is 9.97 Å². The standard InChI is InChI=1S/C49H35N3O/c1-49(2)39-17-9-6-16-38(39)46-40(49)27-26-37-34-14-7-10-18-43(34)52(47(37)46)33-23-20-31(21-24-33)48-50-41(30-12-4-3-5-13-30)29-42(51-48)32-22-25-36-35-15-8-11-19-44(35)53-45(36)28-32/h3-17,19-29,43H,18H2,1-2H3. The van der Waals surface area contributed by atoms with E-state index in [9.17, 15) is 0 Å². The lowest BCUT2D eigenvalue weighted by Crippen LogP contribution is -2.27. The predicted octanol–water partition coefficient (Wildman–Crippen LogP) is 12.5. The number of aromatic nitrogens is 2. The van der Waals surface area contributed by atoms with Gasteiger partial charge in [0, 0.05) is 49.7 Å². The summed E-state index contributed by atoms with van der Waals surface area (Å²) in [5, 5.41) is 2.22. The number of hydrogen-bond donors (Lipinski definition) is 0. The van der Waals surface area contributed by atoms with E-state index in [0.29, 0.717) is 5.82 Å². The minimum atomic E-state index is -0.0648. The molecule has 0 saturated carbocycles. The summed E-state index contributed by atoms with van der Waals surface area (Å²) in [5.41, 5.74) is 17.1. The highest BCUT2D eigenvalue weighted by molar-refractivity contribution is 6.06. The molecule has 0 bridgehead atoms. The molecule has 2 aromatic heterocycles. The first-order valence-corrected chi connectivity index (χ1v) is 18.4.